The van der Waals surface area contributed by atoms with Crippen molar-refractivity contribution < 1.29 is 14.7 Å². The van der Waals surface area contributed by atoms with Gasteiger partial charge >= 0.3 is 5.97 Å². The predicted molar refractivity (Wildman–Crippen MR) is 73.1 cm³/mol. The van der Waals surface area contributed by atoms with Gasteiger partial charge in [0.05, 0.1) is 5.56 Å². The van der Waals surface area contributed by atoms with Crippen LogP contribution in [0.2, 0.25) is 0 Å². The number of carbonyl (C=O) groups excluding carboxylic acids is 1. The quantitative estimate of drug-likeness (QED) is 0.876. The Hall–Kier alpha value is -1.91. The fourth-order valence-corrected chi connectivity index (χ4v) is 1.37. The van der Waals surface area contributed by atoms with E-state index in [4.69, 9.17) is 5.11 Å². The average molecular weight is 264 g/mol. The number of anilines is 1. The summed E-state index contributed by atoms with van der Waals surface area (Å²) in [7, 11) is 0. The van der Waals surface area contributed by atoms with Gasteiger partial charge in [0.2, 0.25) is 5.91 Å². The Bertz CT molecular complexity index is 461. The van der Waals surface area contributed by atoms with E-state index in [1.165, 1.54) is 18.3 Å². The summed E-state index contributed by atoms with van der Waals surface area (Å²) in [6.07, 6.45) is 1.64. The van der Waals surface area contributed by atoms with E-state index in [1.807, 2.05) is 6.92 Å². The Morgan fingerprint density at radius 3 is 2.42 bits per heavy atom. The first kappa shape index (κ1) is 15.1. The highest BCUT2D eigenvalue weighted by atomic mass is 16.4. The van der Waals surface area contributed by atoms with E-state index >= 15 is 0 Å². The van der Waals surface area contributed by atoms with Crippen molar-refractivity contribution in [1.82, 2.24) is 4.98 Å². The number of hydrogen-bond donors (Lipinski definition) is 2. The molecule has 0 aliphatic carbocycles. The van der Waals surface area contributed by atoms with E-state index in [0.717, 1.165) is 0 Å². The van der Waals surface area contributed by atoms with Gasteiger partial charge in [0.1, 0.15) is 5.82 Å². The summed E-state index contributed by atoms with van der Waals surface area (Å²) >= 11 is 0. The average Bonchev–Trinajstić information content (AvgIpc) is 2.28. The van der Waals surface area contributed by atoms with E-state index in [2.05, 4.69) is 31.1 Å². The number of aromatic nitrogens is 1. The molecule has 5 heteroatoms. The number of carboxylic acid groups (broad SMARTS) is 1. The molecule has 19 heavy (non-hydrogen) atoms. The summed E-state index contributed by atoms with van der Waals surface area (Å²) < 4.78 is 0. The van der Waals surface area contributed by atoms with Crippen molar-refractivity contribution in [3.05, 3.63) is 23.9 Å². The van der Waals surface area contributed by atoms with Gasteiger partial charge in [0.15, 0.2) is 0 Å². The second-order valence-electron chi connectivity index (χ2n) is 5.76. The van der Waals surface area contributed by atoms with Crippen LogP contribution >= 0.6 is 0 Å². The molecule has 0 aliphatic heterocycles. The molecule has 0 spiro atoms. The van der Waals surface area contributed by atoms with Crippen LogP contribution in [0.4, 0.5) is 5.82 Å². The minimum absolute atomic E-state index is 0.0674. The van der Waals surface area contributed by atoms with Gasteiger partial charge in [-0.2, -0.15) is 0 Å². The maximum absolute atomic E-state index is 11.8. The number of carbonyl (C=O) groups is 2. The van der Waals surface area contributed by atoms with Gasteiger partial charge in [-0.3, -0.25) is 4.79 Å². The normalized spacial score (nSPS) is 12.8. The molecule has 0 aromatic carbocycles. The molecule has 0 aliphatic rings. The zero-order chi connectivity index (χ0) is 14.6. The lowest BCUT2D eigenvalue weighted by Gasteiger charge is -2.26. The number of amides is 1. The number of rotatable bonds is 4. The predicted octanol–water partition coefficient (Wildman–Crippen LogP) is 2.79. The third kappa shape index (κ3) is 4.69. The van der Waals surface area contributed by atoms with E-state index in [-0.39, 0.29) is 22.8 Å². The van der Waals surface area contributed by atoms with E-state index in [0.29, 0.717) is 12.2 Å². The molecule has 1 aromatic rings. The lowest BCUT2D eigenvalue weighted by Crippen LogP contribution is -2.24. The molecule has 0 radical (unpaired) electrons. The van der Waals surface area contributed by atoms with Crippen molar-refractivity contribution in [2.45, 2.75) is 34.1 Å². The summed E-state index contributed by atoms with van der Waals surface area (Å²) in [4.78, 5) is 26.4. The summed E-state index contributed by atoms with van der Waals surface area (Å²) in [5, 5.41) is 11.4. The van der Waals surface area contributed by atoms with Gasteiger partial charge in [0.25, 0.3) is 0 Å². The van der Waals surface area contributed by atoms with Crippen molar-refractivity contribution in [2.75, 3.05) is 5.32 Å². The fraction of sp³-hybridized carbons (Fsp3) is 0.500. The minimum atomic E-state index is -1.04. The number of aromatic carboxylic acids is 1. The summed E-state index contributed by atoms with van der Waals surface area (Å²) in [6, 6.07) is 2.90. The molecule has 1 aromatic heterocycles. The van der Waals surface area contributed by atoms with Gasteiger partial charge in [-0.1, -0.05) is 27.7 Å². The molecule has 5 nitrogen and oxygen atoms in total. The zero-order valence-corrected chi connectivity index (χ0v) is 11.7. The van der Waals surface area contributed by atoms with Crippen LogP contribution in [-0.2, 0) is 4.79 Å². The van der Waals surface area contributed by atoms with Crippen molar-refractivity contribution in [3.8, 4) is 0 Å². The first-order valence-corrected chi connectivity index (χ1v) is 6.19. The monoisotopic (exact) mass is 264 g/mol. The first-order valence-electron chi connectivity index (χ1n) is 6.19. The highest BCUT2D eigenvalue weighted by Crippen LogP contribution is 2.28. The molecule has 2 N–H and O–H groups in total. The van der Waals surface area contributed by atoms with Gasteiger partial charge < -0.3 is 10.4 Å². The van der Waals surface area contributed by atoms with Gasteiger partial charge in [-0.05, 0) is 23.5 Å². The number of pyridine rings is 1. The molecule has 1 atom stereocenters. The van der Waals surface area contributed by atoms with E-state index in [1.54, 1.807) is 0 Å². The van der Waals surface area contributed by atoms with Crippen molar-refractivity contribution in [1.29, 1.82) is 0 Å². The first-order chi connectivity index (χ1) is 8.70. The molecule has 1 heterocycles. The fourth-order valence-electron chi connectivity index (χ4n) is 1.37. The molecule has 1 unspecified atom stereocenters. The standard InChI is InChI=1S/C14H20N2O3/c1-9(14(2,3)4)7-12(17)16-11-6-5-10(8-15-11)13(18)19/h5-6,8-9H,7H2,1-4H3,(H,18,19)(H,15,16,17). The van der Waals surface area contributed by atoms with Crippen LogP contribution < -0.4 is 5.32 Å². The highest BCUT2D eigenvalue weighted by molar-refractivity contribution is 5.91. The number of nitrogens with zero attached hydrogens (tertiary/aromatic N) is 1. The Labute approximate surface area is 113 Å². The summed E-state index contributed by atoms with van der Waals surface area (Å²) in [6.45, 7) is 8.29. The van der Waals surface area contributed by atoms with Crippen LogP contribution in [0.15, 0.2) is 18.3 Å². The van der Waals surface area contributed by atoms with E-state index < -0.39 is 5.97 Å². The lowest BCUT2D eigenvalue weighted by atomic mass is 9.80. The van der Waals surface area contributed by atoms with Crippen LogP contribution in [0.3, 0.4) is 0 Å². The van der Waals surface area contributed by atoms with E-state index in [9.17, 15) is 9.59 Å². The number of carboxylic acids is 1. The third-order valence-electron chi connectivity index (χ3n) is 3.25. The van der Waals surface area contributed by atoms with Gasteiger partial charge in [-0.25, -0.2) is 9.78 Å². The molecular formula is C14H20N2O3. The molecule has 0 saturated carbocycles. The zero-order valence-electron chi connectivity index (χ0n) is 11.7. The van der Waals surface area contributed by atoms with Crippen LogP contribution in [0.5, 0.6) is 0 Å². The summed E-state index contributed by atoms with van der Waals surface area (Å²) in [5.74, 6) is -0.536. The maximum Gasteiger partial charge on any atom is 0.337 e. The molecule has 0 fully saturated rings. The van der Waals surface area contributed by atoms with Crippen LogP contribution in [0, 0.1) is 11.3 Å². The maximum atomic E-state index is 11.8. The summed E-state index contributed by atoms with van der Waals surface area (Å²) in [5.41, 5.74) is 0.166. The Morgan fingerprint density at radius 2 is 2.00 bits per heavy atom. The number of hydrogen-bond acceptors (Lipinski definition) is 3. The number of nitrogens with one attached hydrogen (secondary N) is 1. The largest absolute Gasteiger partial charge is 0.478 e. The minimum Gasteiger partial charge on any atom is -0.478 e. The van der Waals surface area contributed by atoms with Gasteiger partial charge in [-0.15, -0.1) is 0 Å². The molecular weight excluding hydrogens is 244 g/mol. The molecule has 1 rings (SSSR count). The molecule has 0 bridgehead atoms. The molecule has 1 amide bonds. The Kier molecular flexibility index (Phi) is 4.64. The highest BCUT2D eigenvalue weighted by Gasteiger charge is 2.22. The molecule has 104 valence electrons. The Balaban J connectivity index is 2.60. The van der Waals surface area contributed by atoms with Crippen molar-refractivity contribution >= 4 is 17.7 Å². The smallest absolute Gasteiger partial charge is 0.337 e. The third-order valence-corrected chi connectivity index (χ3v) is 3.25. The van der Waals surface area contributed by atoms with Crippen molar-refractivity contribution in [2.24, 2.45) is 11.3 Å². The molecule has 0 saturated heterocycles. The SMILES string of the molecule is CC(CC(=O)Nc1ccc(C(=O)O)cn1)C(C)(C)C. The van der Waals surface area contributed by atoms with Crippen LogP contribution in [0.25, 0.3) is 0 Å². The second-order valence-corrected chi connectivity index (χ2v) is 5.76. The van der Waals surface area contributed by atoms with Crippen LogP contribution in [-0.4, -0.2) is 22.0 Å². The second kappa shape index (κ2) is 5.82. The Morgan fingerprint density at radius 1 is 1.37 bits per heavy atom. The van der Waals surface area contributed by atoms with Crippen LogP contribution in [0.1, 0.15) is 44.5 Å². The topological polar surface area (TPSA) is 79.3 Å². The lowest BCUT2D eigenvalue weighted by molar-refractivity contribution is -0.117. The van der Waals surface area contributed by atoms with Crippen molar-refractivity contribution in [3.63, 3.8) is 0 Å². The van der Waals surface area contributed by atoms with Gasteiger partial charge in [0, 0.05) is 12.6 Å².